The van der Waals surface area contributed by atoms with Crippen LogP contribution in [0.4, 0.5) is 11.4 Å². The molecule has 2 aromatic carbocycles. The van der Waals surface area contributed by atoms with Crippen molar-refractivity contribution in [3.63, 3.8) is 0 Å². The molecule has 0 saturated carbocycles. The zero-order valence-electron chi connectivity index (χ0n) is 14.0. The molecule has 0 radical (unpaired) electrons. The number of nitro benzene ring substituents is 1. The Labute approximate surface area is 149 Å². The van der Waals surface area contributed by atoms with Gasteiger partial charge < -0.3 is 0 Å². The molecule has 2 aromatic rings. The Kier molecular flexibility index (Phi) is 5.02. The van der Waals surface area contributed by atoms with E-state index in [1.165, 1.54) is 12.3 Å². The van der Waals surface area contributed by atoms with Gasteiger partial charge in [0.05, 0.1) is 28.1 Å². The summed E-state index contributed by atoms with van der Waals surface area (Å²) >= 11 is 0. The van der Waals surface area contributed by atoms with Crippen molar-refractivity contribution in [2.24, 2.45) is 16.1 Å². The van der Waals surface area contributed by atoms with E-state index in [2.05, 4.69) is 21.1 Å². The van der Waals surface area contributed by atoms with Crippen molar-refractivity contribution >= 4 is 29.2 Å². The number of nitro groups is 1. The summed E-state index contributed by atoms with van der Waals surface area (Å²) in [5, 5.41) is 19.2. The largest absolute Gasteiger partial charge is 0.279 e. The molecule has 8 nitrogen and oxygen atoms in total. The minimum Gasteiger partial charge on any atom is -0.279 e. The van der Waals surface area contributed by atoms with Gasteiger partial charge in [-0.3, -0.25) is 20.3 Å². The fourth-order valence-corrected chi connectivity index (χ4v) is 2.66. The molecule has 3 rings (SSSR count). The smallest absolute Gasteiger partial charge is 0.278 e. The minimum atomic E-state index is -0.443. The van der Waals surface area contributed by atoms with Gasteiger partial charge in [-0.05, 0) is 23.8 Å². The first-order valence-electron chi connectivity index (χ1n) is 8.04. The molecule has 1 aliphatic heterocycles. The molecule has 0 aromatic heterocycles. The maximum Gasteiger partial charge on any atom is 0.278 e. The zero-order chi connectivity index (χ0) is 18.5. The lowest BCUT2D eigenvalue weighted by atomic mass is 9.94. The van der Waals surface area contributed by atoms with Crippen LogP contribution in [-0.2, 0) is 4.79 Å². The monoisotopic (exact) mass is 351 g/mol. The predicted molar refractivity (Wildman–Crippen MR) is 99.2 cm³/mol. The maximum absolute atomic E-state index is 11.3. The van der Waals surface area contributed by atoms with Gasteiger partial charge >= 0.3 is 0 Å². The summed E-state index contributed by atoms with van der Waals surface area (Å²) in [6.07, 6.45) is 1.83. The van der Waals surface area contributed by atoms with Gasteiger partial charge in [0, 0.05) is 18.4 Å². The summed E-state index contributed by atoms with van der Waals surface area (Å²) in [4.78, 5) is 21.9. The molecule has 1 unspecified atom stereocenters. The maximum atomic E-state index is 11.3. The van der Waals surface area contributed by atoms with E-state index in [-0.39, 0.29) is 17.5 Å². The molecule has 1 atom stereocenters. The number of para-hydroxylation sites is 1. The summed E-state index contributed by atoms with van der Waals surface area (Å²) in [7, 11) is 0. The standard InChI is InChI=1S/C18H17N5O3/c1-12-10-17(24)21-22-18(12)13-6-8-15(9-7-13)20-19-11-14-4-2-3-5-16(14)23(25)26/h2-9,11-12,20H,10H2,1H3,(H,21,24). The molecule has 0 fully saturated rings. The number of hydrazone groups is 2. The van der Waals surface area contributed by atoms with E-state index in [0.29, 0.717) is 12.0 Å². The van der Waals surface area contributed by atoms with Gasteiger partial charge in [0.1, 0.15) is 0 Å². The highest BCUT2D eigenvalue weighted by Crippen LogP contribution is 2.19. The third-order valence-electron chi connectivity index (χ3n) is 3.97. The third-order valence-corrected chi connectivity index (χ3v) is 3.97. The fraction of sp³-hybridized carbons (Fsp3) is 0.167. The van der Waals surface area contributed by atoms with Crippen LogP contribution in [0.25, 0.3) is 0 Å². The molecule has 1 aliphatic rings. The predicted octanol–water partition coefficient (Wildman–Crippen LogP) is 2.90. The summed E-state index contributed by atoms with van der Waals surface area (Å²) in [6.45, 7) is 1.96. The van der Waals surface area contributed by atoms with E-state index in [0.717, 1.165) is 17.0 Å². The molecule has 0 spiro atoms. The minimum absolute atomic E-state index is 0.000238. The molecule has 8 heteroatoms. The van der Waals surface area contributed by atoms with Crippen LogP contribution in [0.1, 0.15) is 24.5 Å². The number of rotatable bonds is 5. The molecule has 0 bridgehead atoms. The normalized spacial score (nSPS) is 16.9. The van der Waals surface area contributed by atoms with Crippen LogP contribution in [0.5, 0.6) is 0 Å². The lowest BCUT2D eigenvalue weighted by molar-refractivity contribution is -0.385. The highest BCUT2D eigenvalue weighted by atomic mass is 16.6. The number of hydrogen-bond donors (Lipinski definition) is 2. The second-order valence-electron chi connectivity index (χ2n) is 5.90. The SMILES string of the molecule is CC1CC(=O)NN=C1c1ccc(NN=Cc2ccccc2[N+](=O)[O-])cc1. The molecule has 132 valence electrons. The fourth-order valence-electron chi connectivity index (χ4n) is 2.66. The molecule has 26 heavy (non-hydrogen) atoms. The van der Waals surface area contributed by atoms with Gasteiger partial charge in [-0.2, -0.15) is 10.2 Å². The van der Waals surface area contributed by atoms with Crippen LogP contribution in [-0.4, -0.2) is 22.8 Å². The average molecular weight is 351 g/mol. The van der Waals surface area contributed by atoms with Crippen molar-refractivity contribution in [1.29, 1.82) is 0 Å². The van der Waals surface area contributed by atoms with Crippen LogP contribution in [0.15, 0.2) is 58.7 Å². The summed E-state index contributed by atoms with van der Waals surface area (Å²) in [5.74, 6) is -0.0249. The number of carbonyl (C=O) groups excluding carboxylic acids is 1. The molecule has 1 heterocycles. The van der Waals surface area contributed by atoms with Crippen molar-refractivity contribution in [1.82, 2.24) is 5.43 Å². The number of benzene rings is 2. The Morgan fingerprint density at radius 2 is 2.00 bits per heavy atom. The number of carbonyl (C=O) groups is 1. The Morgan fingerprint density at radius 3 is 2.69 bits per heavy atom. The van der Waals surface area contributed by atoms with E-state index >= 15 is 0 Å². The zero-order valence-corrected chi connectivity index (χ0v) is 14.0. The van der Waals surface area contributed by atoms with Crippen LogP contribution >= 0.6 is 0 Å². The average Bonchev–Trinajstić information content (AvgIpc) is 2.63. The van der Waals surface area contributed by atoms with Crippen LogP contribution in [0, 0.1) is 16.0 Å². The van der Waals surface area contributed by atoms with Crippen LogP contribution < -0.4 is 10.9 Å². The summed E-state index contributed by atoms with van der Waals surface area (Å²) in [6, 6.07) is 13.8. The quantitative estimate of drug-likeness (QED) is 0.490. The molecule has 0 aliphatic carbocycles. The van der Waals surface area contributed by atoms with Crippen molar-refractivity contribution in [3.05, 3.63) is 69.8 Å². The highest BCUT2D eigenvalue weighted by molar-refractivity contribution is 6.05. The number of nitrogens with one attached hydrogen (secondary N) is 2. The van der Waals surface area contributed by atoms with Crippen molar-refractivity contribution in [3.8, 4) is 0 Å². The van der Waals surface area contributed by atoms with E-state index in [1.807, 2.05) is 31.2 Å². The first-order chi connectivity index (χ1) is 12.5. The van der Waals surface area contributed by atoms with Gasteiger partial charge in [0.25, 0.3) is 5.69 Å². The van der Waals surface area contributed by atoms with Crippen molar-refractivity contribution < 1.29 is 9.72 Å². The number of nitrogens with zero attached hydrogens (tertiary/aromatic N) is 3. The first-order valence-corrected chi connectivity index (χ1v) is 8.04. The number of amides is 1. The van der Waals surface area contributed by atoms with E-state index in [4.69, 9.17) is 0 Å². The topological polar surface area (TPSA) is 109 Å². The lowest BCUT2D eigenvalue weighted by Gasteiger charge is -2.19. The summed E-state index contributed by atoms with van der Waals surface area (Å²) in [5.41, 5.74) is 8.25. The second-order valence-corrected chi connectivity index (χ2v) is 5.90. The number of anilines is 1. The van der Waals surface area contributed by atoms with E-state index < -0.39 is 4.92 Å². The van der Waals surface area contributed by atoms with Gasteiger partial charge in [-0.15, -0.1) is 0 Å². The number of hydrogen-bond acceptors (Lipinski definition) is 6. The lowest BCUT2D eigenvalue weighted by Crippen LogP contribution is -2.31. The molecule has 0 saturated heterocycles. The van der Waals surface area contributed by atoms with Gasteiger partial charge in [-0.1, -0.05) is 31.2 Å². The molecule has 1 amide bonds. The third kappa shape index (κ3) is 3.92. The Morgan fingerprint density at radius 1 is 1.27 bits per heavy atom. The first kappa shape index (κ1) is 17.3. The van der Waals surface area contributed by atoms with E-state index in [9.17, 15) is 14.9 Å². The van der Waals surface area contributed by atoms with Crippen molar-refractivity contribution in [2.45, 2.75) is 13.3 Å². The highest BCUT2D eigenvalue weighted by Gasteiger charge is 2.21. The van der Waals surface area contributed by atoms with Gasteiger partial charge in [-0.25, -0.2) is 5.43 Å². The van der Waals surface area contributed by atoms with Crippen molar-refractivity contribution in [2.75, 3.05) is 5.43 Å². The van der Waals surface area contributed by atoms with Crippen LogP contribution in [0.2, 0.25) is 0 Å². The van der Waals surface area contributed by atoms with Gasteiger partial charge in [0.2, 0.25) is 5.91 Å². The Balaban J connectivity index is 1.69. The molecular weight excluding hydrogens is 334 g/mol. The Bertz CT molecular complexity index is 890. The van der Waals surface area contributed by atoms with E-state index in [1.54, 1.807) is 18.2 Å². The summed E-state index contributed by atoms with van der Waals surface area (Å²) < 4.78 is 0. The Hall–Kier alpha value is -3.55. The second kappa shape index (κ2) is 7.56. The molecular formula is C18H17N5O3. The van der Waals surface area contributed by atoms with Crippen LogP contribution in [0.3, 0.4) is 0 Å². The molecule has 2 N–H and O–H groups in total. The van der Waals surface area contributed by atoms with Gasteiger partial charge in [0.15, 0.2) is 0 Å².